The van der Waals surface area contributed by atoms with Crippen molar-refractivity contribution in [3.8, 4) is 0 Å². The number of halogens is 1. The Bertz CT molecular complexity index is 688. The molecule has 3 rings (SSSR count). The van der Waals surface area contributed by atoms with Crippen LogP contribution < -0.4 is 15.5 Å². The van der Waals surface area contributed by atoms with Crippen molar-refractivity contribution < 1.29 is 14.0 Å². The zero-order chi connectivity index (χ0) is 16.2. The highest BCUT2D eigenvalue weighted by Gasteiger charge is 2.30. The average Bonchev–Trinajstić information content (AvgIpc) is 3.16. The minimum absolute atomic E-state index is 0.0120. The average molecular weight is 333 g/mol. The summed E-state index contributed by atoms with van der Waals surface area (Å²) in [7, 11) is 0. The molecule has 120 valence electrons. The van der Waals surface area contributed by atoms with Crippen LogP contribution in [0.1, 0.15) is 6.42 Å². The fourth-order valence-corrected chi connectivity index (χ4v) is 3.14. The van der Waals surface area contributed by atoms with Crippen LogP contribution in [0.3, 0.4) is 0 Å². The molecule has 1 aromatic heterocycles. The van der Waals surface area contributed by atoms with E-state index in [2.05, 4.69) is 10.6 Å². The van der Waals surface area contributed by atoms with Gasteiger partial charge >= 0.3 is 6.03 Å². The highest BCUT2D eigenvalue weighted by molar-refractivity contribution is 7.14. The molecule has 7 heteroatoms. The number of carbonyl (C=O) groups is 2. The second-order valence-electron chi connectivity index (χ2n) is 5.36. The van der Waals surface area contributed by atoms with Gasteiger partial charge in [0, 0.05) is 31.1 Å². The number of nitrogens with zero attached hydrogens (tertiary/aromatic N) is 1. The molecule has 1 aliphatic rings. The first-order chi connectivity index (χ1) is 11.1. The number of thiophene rings is 1. The van der Waals surface area contributed by atoms with Gasteiger partial charge in [-0.3, -0.25) is 10.1 Å². The van der Waals surface area contributed by atoms with Crippen LogP contribution in [-0.2, 0) is 4.79 Å². The molecule has 2 N–H and O–H groups in total. The predicted molar refractivity (Wildman–Crippen MR) is 88.2 cm³/mol. The first kappa shape index (κ1) is 15.5. The van der Waals surface area contributed by atoms with E-state index in [4.69, 9.17) is 0 Å². The van der Waals surface area contributed by atoms with Crippen molar-refractivity contribution in [2.45, 2.75) is 6.42 Å². The van der Waals surface area contributed by atoms with Gasteiger partial charge in [-0.2, -0.15) is 0 Å². The van der Waals surface area contributed by atoms with Crippen LogP contribution >= 0.6 is 11.3 Å². The molecule has 1 saturated heterocycles. The van der Waals surface area contributed by atoms with Crippen molar-refractivity contribution in [1.82, 2.24) is 5.32 Å². The molecule has 0 spiro atoms. The molecule has 0 aliphatic carbocycles. The number of benzene rings is 1. The molecule has 0 bridgehead atoms. The summed E-state index contributed by atoms with van der Waals surface area (Å²) in [6.45, 7) is 0.935. The van der Waals surface area contributed by atoms with Crippen molar-refractivity contribution in [2.24, 2.45) is 5.92 Å². The second-order valence-corrected chi connectivity index (χ2v) is 6.31. The lowest BCUT2D eigenvalue weighted by Gasteiger charge is -2.17. The normalized spacial score (nSPS) is 17.3. The van der Waals surface area contributed by atoms with Gasteiger partial charge in [-0.1, -0.05) is 0 Å². The lowest BCUT2D eigenvalue weighted by atomic mass is 10.1. The van der Waals surface area contributed by atoms with Crippen LogP contribution in [0.5, 0.6) is 0 Å². The Labute approximate surface area is 137 Å². The van der Waals surface area contributed by atoms with E-state index in [0.29, 0.717) is 25.2 Å². The minimum Gasteiger partial charge on any atom is -0.337 e. The zero-order valence-corrected chi connectivity index (χ0v) is 13.1. The SMILES string of the molecule is O=C(NCC1CC(=O)N(c2ccc(F)cc2)C1)Nc1cccs1. The third-order valence-electron chi connectivity index (χ3n) is 3.65. The van der Waals surface area contributed by atoms with E-state index < -0.39 is 0 Å². The Balaban J connectivity index is 1.51. The van der Waals surface area contributed by atoms with Gasteiger partial charge in [-0.15, -0.1) is 11.3 Å². The molecule has 1 aromatic carbocycles. The Morgan fingerprint density at radius 1 is 1.30 bits per heavy atom. The molecule has 5 nitrogen and oxygen atoms in total. The maximum absolute atomic E-state index is 13.0. The van der Waals surface area contributed by atoms with Crippen LogP contribution in [0, 0.1) is 11.7 Å². The summed E-state index contributed by atoms with van der Waals surface area (Å²) in [5, 5.41) is 8.17. The maximum Gasteiger partial charge on any atom is 0.319 e. The molecular weight excluding hydrogens is 317 g/mol. The summed E-state index contributed by atoms with van der Waals surface area (Å²) in [6.07, 6.45) is 0.372. The van der Waals surface area contributed by atoms with Gasteiger partial charge in [0.05, 0.1) is 5.00 Å². The summed E-state index contributed by atoms with van der Waals surface area (Å²) in [6, 6.07) is 9.25. The van der Waals surface area contributed by atoms with Crippen molar-refractivity contribution in [3.63, 3.8) is 0 Å². The number of anilines is 2. The van der Waals surface area contributed by atoms with Gasteiger partial charge in [-0.25, -0.2) is 9.18 Å². The molecular formula is C16H16FN3O2S. The Morgan fingerprint density at radius 2 is 2.09 bits per heavy atom. The van der Waals surface area contributed by atoms with E-state index in [0.717, 1.165) is 5.00 Å². The first-order valence-electron chi connectivity index (χ1n) is 7.26. The fourth-order valence-electron chi connectivity index (χ4n) is 2.53. The second kappa shape index (κ2) is 6.78. The predicted octanol–water partition coefficient (Wildman–Crippen LogP) is 3.06. The number of hydrogen-bond acceptors (Lipinski definition) is 3. The van der Waals surface area contributed by atoms with Crippen LogP contribution in [0.25, 0.3) is 0 Å². The van der Waals surface area contributed by atoms with Gasteiger partial charge in [0.1, 0.15) is 5.82 Å². The van der Waals surface area contributed by atoms with E-state index in [1.165, 1.54) is 23.5 Å². The molecule has 0 saturated carbocycles. The highest BCUT2D eigenvalue weighted by atomic mass is 32.1. The van der Waals surface area contributed by atoms with Crippen molar-refractivity contribution >= 4 is 34.0 Å². The third kappa shape index (κ3) is 3.87. The summed E-state index contributed by atoms with van der Waals surface area (Å²) >= 11 is 1.44. The van der Waals surface area contributed by atoms with Crippen LogP contribution in [0.15, 0.2) is 41.8 Å². The standard InChI is InChI=1S/C16H16FN3O2S/c17-12-3-5-13(6-4-12)20-10-11(8-15(20)21)9-18-16(22)19-14-2-1-7-23-14/h1-7,11H,8-10H2,(H2,18,19,22). The molecule has 3 amide bonds. The molecule has 0 radical (unpaired) electrons. The largest absolute Gasteiger partial charge is 0.337 e. The first-order valence-corrected chi connectivity index (χ1v) is 8.14. The van der Waals surface area contributed by atoms with Gasteiger partial charge in [0.2, 0.25) is 5.91 Å². The van der Waals surface area contributed by atoms with Crippen LogP contribution in [-0.4, -0.2) is 25.0 Å². The number of rotatable bonds is 4. The Kier molecular flexibility index (Phi) is 4.57. The van der Waals surface area contributed by atoms with Crippen molar-refractivity contribution in [2.75, 3.05) is 23.3 Å². The summed E-state index contributed by atoms with van der Waals surface area (Å²) in [4.78, 5) is 25.5. The van der Waals surface area contributed by atoms with Gasteiger partial charge in [0.25, 0.3) is 0 Å². The van der Waals surface area contributed by atoms with Gasteiger partial charge in [-0.05, 0) is 41.8 Å². The number of amides is 3. The summed E-state index contributed by atoms with van der Waals surface area (Å²) in [5.74, 6) is -0.299. The van der Waals surface area contributed by atoms with Gasteiger partial charge in [0.15, 0.2) is 0 Å². The lowest BCUT2D eigenvalue weighted by molar-refractivity contribution is -0.117. The van der Waals surface area contributed by atoms with E-state index in [1.807, 2.05) is 17.5 Å². The van der Waals surface area contributed by atoms with E-state index in [1.54, 1.807) is 17.0 Å². The zero-order valence-electron chi connectivity index (χ0n) is 12.3. The monoisotopic (exact) mass is 333 g/mol. The lowest BCUT2D eigenvalue weighted by Crippen LogP contribution is -2.34. The number of urea groups is 1. The highest BCUT2D eigenvalue weighted by Crippen LogP contribution is 2.25. The molecule has 1 aliphatic heterocycles. The molecule has 1 unspecified atom stereocenters. The molecule has 1 fully saturated rings. The van der Waals surface area contributed by atoms with E-state index in [-0.39, 0.29) is 23.7 Å². The Hall–Kier alpha value is -2.41. The van der Waals surface area contributed by atoms with Gasteiger partial charge < -0.3 is 10.2 Å². The molecule has 23 heavy (non-hydrogen) atoms. The molecule has 2 aromatic rings. The topological polar surface area (TPSA) is 61.4 Å². The minimum atomic E-state index is -0.330. The summed E-state index contributed by atoms with van der Waals surface area (Å²) in [5.41, 5.74) is 0.682. The molecule has 2 heterocycles. The van der Waals surface area contributed by atoms with Crippen LogP contribution in [0.4, 0.5) is 19.9 Å². The number of nitrogens with one attached hydrogen (secondary N) is 2. The smallest absolute Gasteiger partial charge is 0.319 e. The van der Waals surface area contributed by atoms with E-state index >= 15 is 0 Å². The number of hydrogen-bond donors (Lipinski definition) is 2. The third-order valence-corrected chi connectivity index (χ3v) is 4.44. The molecule has 1 atom stereocenters. The van der Waals surface area contributed by atoms with Crippen LogP contribution in [0.2, 0.25) is 0 Å². The Morgan fingerprint density at radius 3 is 2.78 bits per heavy atom. The number of carbonyl (C=O) groups excluding carboxylic acids is 2. The van der Waals surface area contributed by atoms with Crippen molar-refractivity contribution in [3.05, 3.63) is 47.6 Å². The summed E-state index contributed by atoms with van der Waals surface area (Å²) < 4.78 is 13.0. The van der Waals surface area contributed by atoms with E-state index in [9.17, 15) is 14.0 Å². The maximum atomic E-state index is 13.0. The quantitative estimate of drug-likeness (QED) is 0.903. The van der Waals surface area contributed by atoms with Crippen molar-refractivity contribution in [1.29, 1.82) is 0 Å². The fraction of sp³-hybridized carbons (Fsp3) is 0.250.